The third-order valence-electron chi connectivity index (χ3n) is 2.22. The van der Waals surface area contributed by atoms with Crippen molar-refractivity contribution in [3.05, 3.63) is 48.6 Å². The van der Waals surface area contributed by atoms with Crippen molar-refractivity contribution in [2.24, 2.45) is 5.73 Å². The van der Waals surface area contributed by atoms with Gasteiger partial charge in [-0.3, -0.25) is 0 Å². The molecule has 76 valence electrons. The zero-order valence-corrected chi connectivity index (χ0v) is 8.26. The molecule has 0 aliphatic heterocycles. The van der Waals surface area contributed by atoms with Gasteiger partial charge in [0.1, 0.15) is 0 Å². The highest BCUT2D eigenvalue weighted by atomic mass is 16.3. The fourth-order valence-corrected chi connectivity index (χ4v) is 1.37. The topological polar surface area (TPSA) is 46.2 Å². The third-order valence-corrected chi connectivity index (χ3v) is 2.22. The Morgan fingerprint density at radius 2 is 2.00 bits per heavy atom. The molecule has 0 saturated carbocycles. The molecule has 0 amide bonds. The molecule has 0 unspecified atom stereocenters. The third kappa shape index (κ3) is 3.32. The van der Waals surface area contributed by atoms with Crippen LogP contribution in [0.2, 0.25) is 0 Å². The van der Waals surface area contributed by atoms with Gasteiger partial charge in [0.15, 0.2) is 0 Å². The maximum atomic E-state index is 9.58. The molecule has 1 rings (SSSR count). The summed E-state index contributed by atoms with van der Waals surface area (Å²) < 4.78 is 0. The van der Waals surface area contributed by atoms with Gasteiger partial charge < -0.3 is 10.8 Å². The van der Waals surface area contributed by atoms with Crippen LogP contribution in [0.3, 0.4) is 0 Å². The minimum Gasteiger partial charge on any atom is -0.391 e. The Morgan fingerprint density at radius 3 is 2.57 bits per heavy atom. The zero-order valence-electron chi connectivity index (χ0n) is 8.26. The van der Waals surface area contributed by atoms with E-state index >= 15 is 0 Å². The van der Waals surface area contributed by atoms with E-state index < -0.39 is 6.10 Å². The van der Waals surface area contributed by atoms with Gasteiger partial charge in [-0.05, 0) is 18.4 Å². The van der Waals surface area contributed by atoms with Gasteiger partial charge in [-0.2, -0.15) is 0 Å². The molecule has 1 aromatic rings. The van der Waals surface area contributed by atoms with Crippen LogP contribution < -0.4 is 5.73 Å². The smallest absolute Gasteiger partial charge is 0.0728 e. The van der Waals surface area contributed by atoms with Gasteiger partial charge in [0, 0.05) is 6.04 Å². The molecule has 0 aromatic heterocycles. The predicted molar refractivity (Wildman–Crippen MR) is 58.9 cm³/mol. The van der Waals surface area contributed by atoms with E-state index in [0.717, 1.165) is 5.56 Å². The molecule has 1 aromatic carbocycles. The largest absolute Gasteiger partial charge is 0.391 e. The molecular weight excluding hydrogens is 174 g/mol. The van der Waals surface area contributed by atoms with Crippen LogP contribution in [-0.2, 0) is 6.42 Å². The van der Waals surface area contributed by atoms with Gasteiger partial charge >= 0.3 is 0 Å². The van der Waals surface area contributed by atoms with Gasteiger partial charge in [-0.1, -0.05) is 36.4 Å². The first kappa shape index (κ1) is 11.0. The first-order chi connectivity index (χ1) is 6.74. The maximum Gasteiger partial charge on any atom is 0.0728 e. The summed E-state index contributed by atoms with van der Waals surface area (Å²) in [4.78, 5) is 0. The molecule has 0 fully saturated rings. The van der Waals surface area contributed by atoms with Gasteiger partial charge in [0.25, 0.3) is 0 Å². The summed E-state index contributed by atoms with van der Waals surface area (Å²) in [6.07, 6.45) is 2.45. The number of aliphatic hydroxyl groups excluding tert-OH is 1. The highest BCUT2D eigenvalue weighted by Crippen LogP contribution is 2.06. The molecule has 0 aliphatic carbocycles. The Labute approximate surface area is 85.1 Å². The van der Waals surface area contributed by atoms with Crippen molar-refractivity contribution in [3.8, 4) is 0 Å². The average Bonchev–Trinajstić information content (AvgIpc) is 2.19. The van der Waals surface area contributed by atoms with Crippen LogP contribution in [0.1, 0.15) is 12.0 Å². The van der Waals surface area contributed by atoms with E-state index in [2.05, 4.69) is 6.58 Å². The standard InChI is InChI=1S/C12H17NO/c1-2-6-12(14)11(13)9-10-7-4-3-5-8-10/h2-5,7-8,11-12,14H,1,6,9,13H2/t11-,12-/m0/s1. The Hall–Kier alpha value is -1.12. The van der Waals surface area contributed by atoms with Crippen molar-refractivity contribution in [2.45, 2.75) is 25.0 Å². The molecule has 0 saturated heterocycles. The Balaban J connectivity index is 2.48. The summed E-state index contributed by atoms with van der Waals surface area (Å²) in [5, 5.41) is 9.58. The average molecular weight is 191 g/mol. The van der Waals surface area contributed by atoms with Gasteiger partial charge in [0.2, 0.25) is 0 Å². The lowest BCUT2D eigenvalue weighted by atomic mass is 10.0. The summed E-state index contributed by atoms with van der Waals surface area (Å²) in [5.41, 5.74) is 6.99. The van der Waals surface area contributed by atoms with Crippen LogP contribution in [0.25, 0.3) is 0 Å². The lowest BCUT2D eigenvalue weighted by molar-refractivity contribution is 0.147. The summed E-state index contributed by atoms with van der Waals surface area (Å²) in [6.45, 7) is 3.57. The number of benzene rings is 1. The van der Waals surface area contributed by atoms with Gasteiger partial charge in [0.05, 0.1) is 6.10 Å². The first-order valence-electron chi connectivity index (χ1n) is 4.82. The lowest BCUT2D eigenvalue weighted by Gasteiger charge is -2.17. The fourth-order valence-electron chi connectivity index (χ4n) is 1.37. The van der Waals surface area contributed by atoms with Crippen molar-refractivity contribution < 1.29 is 5.11 Å². The van der Waals surface area contributed by atoms with Crippen molar-refractivity contribution in [1.29, 1.82) is 0 Å². The molecule has 2 nitrogen and oxygen atoms in total. The molecule has 0 spiro atoms. The summed E-state index contributed by atoms with van der Waals surface area (Å²) >= 11 is 0. The second kappa shape index (κ2) is 5.58. The number of rotatable bonds is 5. The normalized spacial score (nSPS) is 14.7. The van der Waals surface area contributed by atoms with E-state index in [1.54, 1.807) is 6.08 Å². The van der Waals surface area contributed by atoms with E-state index in [9.17, 15) is 5.11 Å². The van der Waals surface area contributed by atoms with E-state index in [1.165, 1.54) is 0 Å². The molecule has 14 heavy (non-hydrogen) atoms. The SMILES string of the molecule is C=CC[C@H](O)[C@@H](N)Cc1ccccc1. The molecule has 3 N–H and O–H groups in total. The highest BCUT2D eigenvalue weighted by molar-refractivity contribution is 5.16. The fraction of sp³-hybridized carbons (Fsp3) is 0.333. The second-order valence-corrected chi connectivity index (χ2v) is 3.45. The molecule has 0 bridgehead atoms. The second-order valence-electron chi connectivity index (χ2n) is 3.45. The molecule has 2 heteroatoms. The molecule has 2 atom stereocenters. The zero-order chi connectivity index (χ0) is 10.4. The Morgan fingerprint density at radius 1 is 1.36 bits per heavy atom. The van der Waals surface area contributed by atoms with E-state index in [4.69, 9.17) is 5.73 Å². The number of nitrogens with two attached hydrogens (primary N) is 1. The van der Waals surface area contributed by atoms with Crippen LogP contribution in [0.15, 0.2) is 43.0 Å². The van der Waals surface area contributed by atoms with E-state index in [0.29, 0.717) is 12.8 Å². The number of hydrogen-bond acceptors (Lipinski definition) is 2. The molecular formula is C12H17NO. The Kier molecular flexibility index (Phi) is 4.36. The summed E-state index contributed by atoms with van der Waals surface area (Å²) in [6, 6.07) is 9.73. The highest BCUT2D eigenvalue weighted by Gasteiger charge is 2.13. The minimum atomic E-state index is -0.493. The number of aliphatic hydroxyl groups is 1. The van der Waals surface area contributed by atoms with E-state index in [-0.39, 0.29) is 6.04 Å². The molecule has 0 heterocycles. The van der Waals surface area contributed by atoms with Crippen LogP contribution >= 0.6 is 0 Å². The lowest BCUT2D eigenvalue weighted by Crippen LogP contribution is -2.36. The number of hydrogen-bond donors (Lipinski definition) is 2. The van der Waals surface area contributed by atoms with Crippen molar-refractivity contribution in [3.63, 3.8) is 0 Å². The molecule has 0 radical (unpaired) electrons. The van der Waals surface area contributed by atoms with Crippen LogP contribution in [-0.4, -0.2) is 17.3 Å². The van der Waals surface area contributed by atoms with E-state index in [1.807, 2.05) is 30.3 Å². The van der Waals surface area contributed by atoms with Crippen molar-refractivity contribution >= 4 is 0 Å². The monoisotopic (exact) mass is 191 g/mol. The van der Waals surface area contributed by atoms with Gasteiger partial charge in [-0.15, -0.1) is 6.58 Å². The van der Waals surface area contributed by atoms with Gasteiger partial charge in [-0.25, -0.2) is 0 Å². The quantitative estimate of drug-likeness (QED) is 0.693. The van der Waals surface area contributed by atoms with Crippen LogP contribution in [0, 0.1) is 0 Å². The maximum absolute atomic E-state index is 9.58. The van der Waals surface area contributed by atoms with Crippen LogP contribution in [0.4, 0.5) is 0 Å². The Bertz CT molecular complexity index is 271. The van der Waals surface area contributed by atoms with Crippen LogP contribution in [0.5, 0.6) is 0 Å². The minimum absolute atomic E-state index is 0.213. The summed E-state index contributed by atoms with van der Waals surface area (Å²) in [5.74, 6) is 0. The molecule has 0 aliphatic rings. The summed E-state index contributed by atoms with van der Waals surface area (Å²) in [7, 11) is 0. The predicted octanol–water partition coefficient (Wildman–Crippen LogP) is 1.49. The van der Waals surface area contributed by atoms with Crippen molar-refractivity contribution in [2.75, 3.05) is 0 Å². The van der Waals surface area contributed by atoms with Crippen molar-refractivity contribution in [1.82, 2.24) is 0 Å². The first-order valence-corrected chi connectivity index (χ1v) is 4.82.